The molecule has 0 aliphatic carbocycles. The largest absolute Gasteiger partial charge is 0.312 e. The Balaban J connectivity index is 2.76. The standard InChI is InChI=1S/C5H4F2N2/c1-3-5(8-9-5)4(2,6)7/h1H,2H3. The van der Waals surface area contributed by atoms with Gasteiger partial charge in [-0.15, -0.1) is 16.7 Å². The average Bonchev–Trinajstić information content (AvgIpc) is 2.40. The van der Waals surface area contributed by atoms with E-state index >= 15 is 0 Å². The minimum absolute atomic E-state index is 0.701. The molecule has 48 valence electrons. The molecule has 0 saturated heterocycles. The first-order valence-corrected chi connectivity index (χ1v) is 2.31. The van der Waals surface area contributed by atoms with Gasteiger partial charge in [-0.1, -0.05) is 0 Å². The van der Waals surface area contributed by atoms with Crippen molar-refractivity contribution in [2.24, 2.45) is 10.2 Å². The van der Waals surface area contributed by atoms with E-state index in [9.17, 15) is 8.78 Å². The molecule has 0 aromatic carbocycles. The van der Waals surface area contributed by atoms with Crippen LogP contribution in [0.3, 0.4) is 0 Å². The summed E-state index contributed by atoms with van der Waals surface area (Å²) in [6, 6.07) is 0. The van der Waals surface area contributed by atoms with Crippen molar-refractivity contribution < 1.29 is 8.78 Å². The fourth-order valence-corrected chi connectivity index (χ4v) is 0.410. The first-order valence-electron chi connectivity index (χ1n) is 2.31. The molecule has 0 aromatic rings. The molecule has 1 heterocycles. The number of nitrogens with zero attached hydrogens (tertiary/aromatic N) is 2. The lowest BCUT2D eigenvalue weighted by atomic mass is 10.1. The van der Waals surface area contributed by atoms with E-state index in [1.165, 1.54) is 0 Å². The van der Waals surface area contributed by atoms with Crippen LogP contribution in [0.1, 0.15) is 6.92 Å². The Morgan fingerprint density at radius 2 is 2.00 bits per heavy atom. The highest BCUT2D eigenvalue weighted by molar-refractivity contribution is 5.23. The molecule has 0 fully saturated rings. The van der Waals surface area contributed by atoms with Gasteiger partial charge in [0.1, 0.15) is 0 Å². The van der Waals surface area contributed by atoms with Crippen LogP contribution in [0.2, 0.25) is 0 Å². The van der Waals surface area contributed by atoms with Crippen molar-refractivity contribution in [2.45, 2.75) is 18.5 Å². The first-order chi connectivity index (χ1) is 4.02. The van der Waals surface area contributed by atoms with Gasteiger partial charge in [0.05, 0.1) is 0 Å². The van der Waals surface area contributed by atoms with E-state index < -0.39 is 11.6 Å². The Morgan fingerprint density at radius 3 is 2.00 bits per heavy atom. The molecule has 0 atom stereocenters. The highest BCUT2D eigenvalue weighted by Gasteiger charge is 2.58. The third kappa shape index (κ3) is 0.689. The SMILES string of the molecule is C#CC1(C(C)(F)F)N=N1. The van der Waals surface area contributed by atoms with Crippen molar-refractivity contribution in [3.8, 4) is 12.3 Å². The third-order valence-corrected chi connectivity index (χ3v) is 1.11. The fraction of sp³-hybridized carbons (Fsp3) is 0.600. The second kappa shape index (κ2) is 1.29. The Hall–Kier alpha value is -0.980. The number of rotatable bonds is 1. The topological polar surface area (TPSA) is 24.7 Å². The van der Waals surface area contributed by atoms with Gasteiger partial charge in [0, 0.05) is 6.92 Å². The molecule has 0 spiro atoms. The lowest BCUT2D eigenvalue weighted by Gasteiger charge is -2.10. The highest BCUT2D eigenvalue weighted by atomic mass is 19.3. The minimum atomic E-state index is -3.01. The van der Waals surface area contributed by atoms with E-state index in [-0.39, 0.29) is 0 Å². The zero-order valence-corrected chi connectivity index (χ0v) is 4.73. The number of hydrogen-bond acceptors (Lipinski definition) is 2. The molecule has 9 heavy (non-hydrogen) atoms. The summed E-state index contributed by atoms with van der Waals surface area (Å²) in [5.41, 5.74) is -1.83. The van der Waals surface area contributed by atoms with Crippen LogP contribution in [-0.4, -0.2) is 11.6 Å². The number of alkyl halides is 2. The summed E-state index contributed by atoms with van der Waals surface area (Å²) in [7, 11) is 0. The van der Waals surface area contributed by atoms with Crippen LogP contribution < -0.4 is 0 Å². The summed E-state index contributed by atoms with van der Waals surface area (Å²) < 4.78 is 24.5. The van der Waals surface area contributed by atoms with E-state index in [0.29, 0.717) is 6.92 Å². The summed E-state index contributed by atoms with van der Waals surface area (Å²) in [6.45, 7) is 0.701. The molecule has 0 radical (unpaired) electrons. The fourth-order valence-electron chi connectivity index (χ4n) is 0.410. The third-order valence-electron chi connectivity index (χ3n) is 1.11. The molecule has 0 N–H and O–H groups in total. The molecule has 0 aromatic heterocycles. The zero-order valence-electron chi connectivity index (χ0n) is 4.73. The molecule has 0 amide bonds. The van der Waals surface area contributed by atoms with Gasteiger partial charge in [0.15, 0.2) is 0 Å². The Kier molecular flexibility index (Phi) is 0.884. The molecule has 1 aliphatic heterocycles. The molecule has 0 unspecified atom stereocenters. The Labute approximate surface area is 51.0 Å². The van der Waals surface area contributed by atoms with Crippen LogP contribution in [0, 0.1) is 12.3 Å². The van der Waals surface area contributed by atoms with Crippen molar-refractivity contribution >= 4 is 0 Å². The summed E-state index contributed by atoms with van der Waals surface area (Å²) in [5, 5.41) is 6.12. The van der Waals surface area contributed by atoms with Crippen LogP contribution in [0.15, 0.2) is 10.2 Å². The number of terminal acetylenes is 1. The monoisotopic (exact) mass is 130 g/mol. The predicted octanol–water partition coefficient (Wildman–Crippen LogP) is 1.44. The molecular weight excluding hydrogens is 126 g/mol. The maximum Gasteiger partial charge on any atom is 0.312 e. The van der Waals surface area contributed by atoms with Crippen molar-refractivity contribution in [1.82, 2.24) is 0 Å². The highest BCUT2D eigenvalue weighted by Crippen LogP contribution is 2.41. The maximum absolute atomic E-state index is 12.2. The van der Waals surface area contributed by atoms with Crippen molar-refractivity contribution in [3.05, 3.63) is 0 Å². The molecule has 1 aliphatic rings. The quantitative estimate of drug-likeness (QED) is 0.480. The lowest BCUT2D eigenvalue weighted by molar-refractivity contribution is -0.00493. The van der Waals surface area contributed by atoms with Crippen LogP contribution in [0.4, 0.5) is 8.78 Å². The van der Waals surface area contributed by atoms with Gasteiger partial charge in [-0.25, -0.2) is 8.78 Å². The van der Waals surface area contributed by atoms with Crippen LogP contribution in [0.25, 0.3) is 0 Å². The molecule has 2 nitrogen and oxygen atoms in total. The number of halogens is 2. The van der Waals surface area contributed by atoms with Gasteiger partial charge >= 0.3 is 11.6 Å². The predicted molar refractivity (Wildman–Crippen MR) is 27.0 cm³/mol. The van der Waals surface area contributed by atoms with Gasteiger partial charge in [-0.05, 0) is 5.92 Å². The van der Waals surface area contributed by atoms with Crippen LogP contribution in [0.5, 0.6) is 0 Å². The second-order valence-electron chi connectivity index (χ2n) is 1.90. The Morgan fingerprint density at radius 1 is 1.56 bits per heavy atom. The van der Waals surface area contributed by atoms with Crippen molar-refractivity contribution in [3.63, 3.8) is 0 Å². The summed E-state index contributed by atoms with van der Waals surface area (Å²) in [4.78, 5) is 0. The van der Waals surface area contributed by atoms with E-state index in [2.05, 4.69) is 10.2 Å². The average molecular weight is 130 g/mol. The van der Waals surface area contributed by atoms with Gasteiger partial charge < -0.3 is 0 Å². The summed E-state index contributed by atoms with van der Waals surface area (Å²) in [5.74, 6) is -1.20. The molecule has 1 rings (SSSR count). The van der Waals surface area contributed by atoms with Gasteiger partial charge in [0.25, 0.3) is 0 Å². The molecule has 0 bridgehead atoms. The minimum Gasteiger partial charge on any atom is -0.201 e. The van der Waals surface area contributed by atoms with E-state index in [1.54, 1.807) is 0 Å². The molecule has 4 heteroatoms. The van der Waals surface area contributed by atoms with E-state index in [1.807, 2.05) is 5.92 Å². The Bertz CT molecular complexity index is 190. The zero-order chi connectivity index (χ0) is 7.12. The van der Waals surface area contributed by atoms with Gasteiger partial charge in [-0.3, -0.25) is 0 Å². The van der Waals surface area contributed by atoms with Crippen LogP contribution >= 0.6 is 0 Å². The lowest BCUT2D eigenvalue weighted by Crippen LogP contribution is -2.31. The summed E-state index contributed by atoms with van der Waals surface area (Å²) in [6.07, 6.45) is 4.74. The first kappa shape index (κ1) is 6.14. The molecule has 0 saturated carbocycles. The second-order valence-corrected chi connectivity index (χ2v) is 1.90. The van der Waals surface area contributed by atoms with E-state index in [4.69, 9.17) is 6.42 Å². The summed E-state index contributed by atoms with van der Waals surface area (Å²) >= 11 is 0. The van der Waals surface area contributed by atoms with E-state index in [0.717, 1.165) is 0 Å². The number of hydrogen-bond donors (Lipinski definition) is 0. The van der Waals surface area contributed by atoms with Crippen molar-refractivity contribution in [1.29, 1.82) is 0 Å². The molecular formula is C5H4F2N2. The van der Waals surface area contributed by atoms with Gasteiger partial charge in [0.2, 0.25) is 0 Å². The smallest absolute Gasteiger partial charge is 0.201 e. The van der Waals surface area contributed by atoms with Gasteiger partial charge in [-0.2, -0.15) is 0 Å². The maximum atomic E-state index is 12.2. The normalized spacial score (nSPS) is 21.1. The van der Waals surface area contributed by atoms with Crippen LogP contribution in [-0.2, 0) is 0 Å². The van der Waals surface area contributed by atoms with Crippen molar-refractivity contribution in [2.75, 3.05) is 0 Å².